The Hall–Kier alpha value is -2.19. The maximum Gasteiger partial charge on any atom is 0.312 e. The van der Waals surface area contributed by atoms with Crippen LogP contribution in [0.4, 0.5) is 0 Å². The maximum atomic E-state index is 14.0. The van der Waals surface area contributed by atoms with Crippen LogP contribution in [0.15, 0.2) is 24.3 Å². The molecule has 8 nitrogen and oxygen atoms in total. The van der Waals surface area contributed by atoms with E-state index in [-0.39, 0.29) is 24.5 Å². The summed E-state index contributed by atoms with van der Waals surface area (Å²) in [5.41, 5.74) is -1.27. The van der Waals surface area contributed by atoms with Crippen molar-refractivity contribution in [3.05, 3.63) is 24.3 Å². The number of carbonyl (C=O) groups is 3. The summed E-state index contributed by atoms with van der Waals surface area (Å²) in [6.45, 7) is 6.24. The van der Waals surface area contributed by atoms with E-state index in [9.17, 15) is 19.5 Å². The highest BCUT2D eigenvalue weighted by Gasteiger charge is 2.72. The fraction of sp³-hybridized carbons (Fsp3) is 0.720. The summed E-state index contributed by atoms with van der Waals surface area (Å²) in [5.74, 6) is -2.69. The smallest absolute Gasteiger partial charge is 0.312 e. The van der Waals surface area contributed by atoms with Gasteiger partial charge in [-0.05, 0) is 39.5 Å². The van der Waals surface area contributed by atoms with Crippen LogP contribution in [-0.2, 0) is 23.9 Å². The minimum absolute atomic E-state index is 0.00491. The molecule has 2 amide bonds. The normalized spacial score (nSPS) is 37.0. The largest absolute Gasteiger partial charge is 0.465 e. The summed E-state index contributed by atoms with van der Waals surface area (Å²) in [6, 6.07) is -1.53. The molecule has 0 bridgehead atoms. The Morgan fingerprint density at radius 3 is 2.67 bits per heavy atom. The molecule has 33 heavy (non-hydrogen) atoms. The van der Waals surface area contributed by atoms with Crippen molar-refractivity contribution in [3.63, 3.8) is 0 Å². The molecule has 0 aliphatic carbocycles. The number of nitrogens with zero attached hydrogens (tertiary/aromatic N) is 2. The molecule has 4 heterocycles. The second kappa shape index (κ2) is 9.58. The van der Waals surface area contributed by atoms with Gasteiger partial charge in [-0.3, -0.25) is 14.4 Å². The van der Waals surface area contributed by atoms with Crippen LogP contribution in [0.25, 0.3) is 0 Å². The quantitative estimate of drug-likeness (QED) is 0.497. The van der Waals surface area contributed by atoms with Crippen LogP contribution in [0, 0.1) is 11.8 Å². The van der Waals surface area contributed by atoms with E-state index in [4.69, 9.17) is 9.47 Å². The molecule has 4 rings (SSSR count). The molecule has 0 radical (unpaired) electrons. The molecule has 182 valence electrons. The molecule has 0 aromatic heterocycles. The molecule has 2 fully saturated rings. The lowest BCUT2D eigenvalue weighted by Gasteiger charge is -2.39. The predicted molar refractivity (Wildman–Crippen MR) is 121 cm³/mol. The lowest BCUT2D eigenvalue weighted by Crippen LogP contribution is -2.58. The van der Waals surface area contributed by atoms with Gasteiger partial charge >= 0.3 is 5.97 Å². The highest BCUT2D eigenvalue weighted by Crippen LogP contribution is 2.53. The van der Waals surface area contributed by atoms with Crippen molar-refractivity contribution < 1.29 is 29.0 Å². The van der Waals surface area contributed by atoms with Crippen molar-refractivity contribution >= 4 is 17.8 Å². The molecule has 1 N–H and O–H groups in total. The lowest BCUT2D eigenvalue weighted by atomic mass is 9.78. The molecular formula is C25H36N2O6. The number of likely N-dealkylation sites (tertiary alicyclic amines) is 1. The zero-order chi connectivity index (χ0) is 23.8. The minimum atomic E-state index is -1.27. The van der Waals surface area contributed by atoms with E-state index in [1.807, 2.05) is 31.2 Å². The van der Waals surface area contributed by atoms with Gasteiger partial charge in [0.25, 0.3) is 0 Å². The lowest BCUT2D eigenvalue weighted by molar-refractivity contribution is -0.156. The van der Waals surface area contributed by atoms with Crippen LogP contribution in [0.3, 0.4) is 0 Å². The molecule has 4 aliphatic rings. The van der Waals surface area contributed by atoms with Crippen LogP contribution >= 0.6 is 0 Å². The first-order valence-corrected chi connectivity index (χ1v) is 12.3. The number of ether oxygens (including phenoxy) is 2. The number of amides is 2. The van der Waals surface area contributed by atoms with E-state index < -0.39 is 41.6 Å². The van der Waals surface area contributed by atoms with Crippen molar-refractivity contribution in [1.29, 1.82) is 0 Å². The first-order chi connectivity index (χ1) is 15.9. The van der Waals surface area contributed by atoms with Gasteiger partial charge in [0.2, 0.25) is 11.8 Å². The molecule has 4 aliphatic heterocycles. The Morgan fingerprint density at radius 2 is 1.94 bits per heavy atom. The Balaban J connectivity index is 1.81. The van der Waals surface area contributed by atoms with Crippen LogP contribution in [0.5, 0.6) is 0 Å². The summed E-state index contributed by atoms with van der Waals surface area (Å²) in [6.07, 6.45) is 11.2. The first kappa shape index (κ1) is 24.0. The average Bonchev–Trinajstić information content (AvgIpc) is 3.18. The zero-order valence-corrected chi connectivity index (χ0v) is 19.8. The van der Waals surface area contributed by atoms with Gasteiger partial charge in [0, 0.05) is 12.6 Å². The first-order valence-electron chi connectivity index (χ1n) is 12.3. The number of aliphatic hydroxyl groups excluding tert-OH is 1. The van der Waals surface area contributed by atoms with Crippen LogP contribution in [-0.4, -0.2) is 82.3 Å². The van der Waals surface area contributed by atoms with Gasteiger partial charge < -0.3 is 24.4 Å². The standard InChI is InChI=1S/C25H36N2O6/c1-4-10-16(2)26-13-9-12-25-20(22(29)27(17(3)15-28)21(25)23(26)30)19-18(33-25)11-7-5-6-8-14-32-24(19)31/h7,9,11-12,16-21,28H,4-6,8,10,13-15H2,1-3H3/b11-7-/t16?,17-,18-,19+,20+,21?,25+/m1/s1. The second-order valence-electron chi connectivity index (χ2n) is 9.74. The minimum Gasteiger partial charge on any atom is -0.465 e. The second-order valence-corrected chi connectivity index (χ2v) is 9.74. The number of hydrogen-bond donors (Lipinski definition) is 1. The monoisotopic (exact) mass is 460 g/mol. The molecule has 7 atom stereocenters. The highest BCUT2D eigenvalue weighted by atomic mass is 16.6. The fourth-order valence-corrected chi connectivity index (χ4v) is 5.91. The van der Waals surface area contributed by atoms with Crippen molar-refractivity contribution in [2.45, 2.75) is 82.7 Å². The third-order valence-electron chi connectivity index (χ3n) is 7.55. The summed E-state index contributed by atoms with van der Waals surface area (Å²) >= 11 is 0. The Kier molecular flexibility index (Phi) is 6.96. The number of allylic oxidation sites excluding steroid dienone is 1. The molecule has 0 aromatic rings. The number of carbonyl (C=O) groups excluding carboxylic acids is 3. The van der Waals surface area contributed by atoms with Gasteiger partial charge in [0.1, 0.15) is 17.6 Å². The Labute approximate surface area is 195 Å². The molecular weight excluding hydrogens is 424 g/mol. The summed E-state index contributed by atoms with van der Waals surface area (Å²) < 4.78 is 12.1. The van der Waals surface area contributed by atoms with Crippen LogP contribution < -0.4 is 0 Å². The fourth-order valence-electron chi connectivity index (χ4n) is 5.91. The Bertz CT molecular complexity index is 841. The molecule has 0 saturated carbocycles. The SMILES string of the molecule is CCCC(C)N1CC=C[C@]23O[C@@H]4/C=C\CCCCOC(=O)[C@@H]4[C@H]2C(=O)N([C@H](C)CO)C3C1=O. The third-order valence-corrected chi connectivity index (χ3v) is 7.55. The molecule has 1 spiro atoms. The van der Waals surface area contributed by atoms with Gasteiger partial charge in [-0.15, -0.1) is 0 Å². The number of cyclic esters (lactones) is 1. The zero-order valence-electron chi connectivity index (χ0n) is 19.8. The number of hydrogen-bond acceptors (Lipinski definition) is 6. The average molecular weight is 461 g/mol. The van der Waals surface area contributed by atoms with E-state index in [0.717, 1.165) is 32.1 Å². The third kappa shape index (κ3) is 3.91. The number of rotatable bonds is 5. The Morgan fingerprint density at radius 1 is 1.15 bits per heavy atom. The predicted octanol–water partition coefficient (Wildman–Crippen LogP) is 1.82. The summed E-state index contributed by atoms with van der Waals surface area (Å²) in [4.78, 5) is 44.3. The summed E-state index contributed by atoms with van der Waals surface area (Å²) in [7, 11) is 0. The molecule has 2 saturated heterocycles. The number of fused-ring (bicyclic) bond motifs is 2. The van der Waals surface area contributed by atoms with Crippen molar-refractivity contribution in [2.75, 3.05) is 19.8 Å². The van der Waals surface area contributed by atoms with E-state index in [1.165, 1.54) is 4.90 Å². The van der Waals surface area contributed by atoms with E-state index >= 15 is 0 Å². The van der Waals surface area contributed by atoms with Gasteiger partial charge in [-0.2, -0.15) is 0 Å². The summed E-state index contributed by atoms with van der Waals surface area (Å²) in [5, 5.41) is 9.93. The highest BCUT2D eigenvalue weighted by molar-refractivity contribution is 5.99. The van der Waals surface area contributed by atoms with Crippen LogP contribution in [0.2, 0.25) is 0 Å². The molecule has 2 unspecified atom stereocenters. The van der Waals surface area contributed by atoms with Crippen molar-refractivity contribution in [1.82, 2.24) is 9.80 Å². The van der Waals surface area contributed by atoms with Gasteiger partial charge in [-0.1, -0.05) is 37.6 Å². The van der Waals surface area contributed by atoms with Crippen molar-refractivity contribution in [2.24, 2.45) is 11.8 Å². The molecule has 8 heteroatoms. The number of aliphatic hydroxyl groups is 1. The van der Waals surface area contributed by atoms with Crippen LogP contribution in [0.1, 0.15) is 52.9 Å². The molecule has 0 aromatic carbocycles. The van der Waals surface area contributed by atoms with E-state index in [1.54, 1.807) is 11.8 Å². The van der Waals surface area contributed by atoms with Gasteiger partial charge in [-0.25, -0.2) is 0 Å². The number of esters is 1. The van der Waals surface area contributed by atoms with E-state index in [2.05, 4.69) is 6.92 Å². The van der Waals surface area contributed by atoms with Gasteiger partial charge in [0.15, 0.2) is 0 Å². The van der Waals surface area contributed by atoms with E-state index in [0.29, 0.717) is 13.2 Å². The maximum absolute atomic E-state index is 14.0. The van der Waals surface area contributed by atoms with Gasteiger partial charge in [0.05, 0.1) is 31.3 Å². The topological polar surface area (TPSA) is 96.4 Å². The van der Waals surface area contributed by atoms with Crippen molar-refractivity contribution in [3.8, 4) is 0 Å².